The molecule has 1 N–H and O–H groups in total. The first-order valence-corrected chi connectivity index (χ1v) is 4.70. The minimum Gasteiger partial charge on any atom is -0.364 e. The topological polar surface area (TPSA) is 56.1 Å². The van der Waals surface area contributed by atoms with Crippen molar-refractivity contribution in [3.05, 3.63) is 16.9 Å². The number of hydrogen-bond donors (Lipinski definition) is 1. The van der Waals surface area contributed by atoms with E-state index in [-0.39, 0.29) is 17.4 Å². The Bertz CT molecular complexity index is 370. The fraction of sp³-hybridized carbons (Fsp3) is 0.500. The van der Waals surface area contributed by atoms with Gasteiger partial charge in [-0.15, -0.1) is 0 Å². The zero-order chi connectivity index (χ0) is 12.1. The third-order valence-corrected chi connectivity index (χ3v) is 1.91. The van der Waals surface area contributed by atoms with Crippen LogP contribution in [0.15, 0.2) is 6.20 Å². The van der Waals surface area contributed by atoms with Gasteiger partial charge in [0.15, 0.2) is 5.69 Å². The predicted octanol–water partition coefficient (Wildman–Crippen LogP) is 1.14. The van der Waals surface area contributed by atoms with Crippen molar-refractivity contribution < 1.29 is 18.3 Å². The predicted molar refractivity (Wildman–Crippen MR) is 52.6 cm³/mol. The first-order valence-electron chi connectivity index (χ1n) is 4.32. The lowest BCUT2D eigenvalue weighted by atomic mass is 10.4. The number of carbonyl (C=O) groups excluding carboxylic acids is 1. The van der Waals surface area contributed by atoms with Gasteiger partial charge in [0.1, 0.15) is 13.3 Å². The number of rotatable bonds is 5. The van der Waals surface area contributed by atoms with Crippen LogP contribution in [-0.4, -0.2) is 36.0 Å². The van der Waals surface area contributed by atoms with Crippen LogP contribution in [0.1, 0.15) is 10.5 Å². The van der Waals surface area contributed by atoms with E-state index in [2.05, 4.69) is 15.2 Å². The van der Waals surface area contributed by atoms with Crippen molar-refractivity contribution in [3.63, 3.8) is 0 Å². The lowest BCUT2D eigenvalue weighted by Gasteiger charge is -2.01. The van der Waals surface area contributed by atoms with E-state index in [0.717, 1.165) is 4.68 Å². The van der Waals surface area contributed by atoms with Gasteiger partial charge in [-0.2, -0.15) is 5.10 Å². The number of alkyl halides is 2. The second-order valence-corrected chi connectivity index (χ2v) is 3.28. The number of ether oxygens (including phenoxy) is 1. The molecule has 0 radical (unpaired) electrons. The van der Waals surface area contributed by atoms with Crippen molar-refractivity contribution in [3.8, 4) is 0 Å². The first kappa shape index (κ1) is 12.9. The van der Waals surface area contributed by atoms with Crippen LogP contribution in [0.3, 0.4) is 0 Å². The van der Waals surface area contributed by atoms with E-state index >= 15 is 0 Å². The summed E-state index contributed by atoms with van der Waals surface area (Å²) in [6, 6.07) is 0. The van der Waals surface area contributed by atoms with Crippen molar-refractivity contribution in [2.24, 2.45) is 0 Å². The number of methoxy groups -OCH3 is 1. The molecule has 0 atom stereocenters. The summed E-state index contributed by atoms with van der Waals surface area (Å²) in [7, 11) is 1.40. The average molecular weight is 254 g/mol. The summed E-state index contributed by atoms with van der Waals surface area (Å²) in [5, 5.41) is 6.01. The minimum atomic E-state index is -2.55. The van der Waals surface area contributed by atoms with Gasteiger partial charge in [0.05, 0.1) is 5.02 Å². The molecule has 0 bridgehead atoms. The molecular formula is C8H10ClF2N3O2. The van der Waals surface area contributed by atoms with Gasteiger partial charge in [0.2, 0.25) is 0 Å². The van der Waals surface area contributed by atoms with E-state index in [1.54, 1.807) is 0 Å². The van der Waals surface area contributed by atoms with Crippen molar-refractivity contribution >= 4 is 17.5 Å². The molecule has 0 unspecified atom stereocenters. The molecule has 0 fully saturated rings. The van der Waals surface area contributed by atoms with E-state index in [0.29, 0.717) is 0 Å². The molecule has 5 nitrogen and oxygen atoms in total. The monoisotopic (exact) mass is 253 g/mol. The molecular weight excluding hydrogens is 244 g/mol. The van der Waals surface area contributed by atoms with Crippen LogP contribution in [0.25, 0.3) is 0 Å². The molecule has 0 aliphatic heterocycles. The zero-order valence-electron chi connectivity index (χ0n) is 8.41. The molecule has 1 amide bonds. The summed E-state index contributed by atoms with van der Waals surface area (Å²) in [6.07, 6.45) is -1.37. The molecule has 1 heterocycles. The van der Waals surface area contributed by atoms with Gasteiger partial charge in [-0.05, 0) is 0 Å². The maximum Gasteiger partial charge on any atom is 0.275 e. The van der Waals surface area contributed by atoms with Crippen LogP contribution in [0.4, 0.5) is 8.78 Å². The summed E-state index contributed by atoms with van der Waals surface area (Å²) in [5.41, 5.74) is -0.0978. The van der Waals surface area contributed by atoms with Gasteiger partial charge in [-0.3, -0.25) is 9.48 Å². The maximum atomic E-state index is 12.0. The van der Waals surface area contributed by atoms with E-state index in [4.69, 9.17) is 11.6 Å². The third kappa shape index (κ3) is 3.42. The Kier molecular flexibility index (Phi) is 4.63. The summed E-state index contributed by atoms with van der Waals surface area (Å²) in [4.78, 5) is 11.4. The normalized spacial score (nSPS) is 10.8. The Morgan fingerprint density at radius 2 is 2.44 bits per heavy atom. The number of aromatic nitrogens is 2. The zero-order valence-corrected chi connectivity index (χ0v) is 9.17. The molecule has 0 spiro atoms. The fourth-order valence-corrected chi connectivity index (χ4v) is 1.24. The van der Waals surface area contributed by atoms with Crippen molar-refractivity contribution in [2.75, 3.05) is 13.8 Å². The standard InChI is InChI=1S/C8H10ClF2N3O2/c1-16-4-12-8(15)7-5(9)2-14(13-7)3-6(10)11/h2,6H,3-4H2,1H3,(H,12,15). The van der Waals surface area contributed by atoms with Gasteiger partial charge in [-0.1, -0.05) is 11.6 Å². The van der Waals surface area contributed by atoms with E-state index in [1.807, 2.05) is 0 Å². The maximum absolute atomic E-state index is 12.0. The smallest absolute Gasteiger partial charge is 0.275 e. The summed E-state index contributed by atoms with van der Waals surface area (Å²) < 4.78 is 29.6. The second kappa shape index (κ2) is 5.76. The first-order chi connectivity index (χ1) is 7.54. The van der Waals surface area contributed by atoms with Gasteiger partial charge in [0, 0.05) is 13.3 Å². The highest BCUT2D eigenvalue weighted by molar-refractivity contribution is 6.33. The quantitative estimate of drug-likeness (QED) is 0.801. The van der Waals surface area contributed by atoms with E-state index < -0.39 is 18.9 Å². The number of nitrogens with one attached hydrogen (secondary N) is 1. The second-order valence-electron chi connectivity index (χ2n) is 2.88. The van der Waals surface area contributed by atoms with Crippen molar-refractivity contribution in [2.45, 2.75) is 13.0 Å². The lowest BCUT2D eigenvalue weighted by Crippen LogP contribution is -2.26. The molecule has 1 aromatic rings. The molecule has 0 saturated heterocycles. The molecule has 90 valence electrons. The SMILES string of the molecule is COCNC(=O)c1nn(CC(F)F)cc1Cl. The lowest BCUT2D eigenvalue weighted by molar-refractivity contribution is 0.0862. The van der Waals surface area contributed by atoms with Crippen LogP contribution in [0, 0.1) is 0 Å². The van der Waals surface area contributed by atoms with Gasteiger partial charge < -0.3 is 10.1 Å². The summed E-state index contributed by atoms with van der Waals surface area (Å²) >= 11 is 5.67. The van der Waals surface area contributed by atoms with Gasteiger partial charge in [-0.25, -0.2) is 8.78 Å². The number of carbonyl (C=O) groups is 1. The highest BCUT2D eigenvalue weighted by atomic mass is 35.5. The van der Waals surface area contributed by atoms with Gasteiger partial charge in [0.25, 0.3) is 12.3 Å². The Hall–Kier alpha value is -1.21. The van der Waals surface area contributed by atoms with Gasteiger partial charge >= 0.3 is 0 Å². The third-order valence-electron chi connectivity index (χ3n) is 1.63. The Morgan fingerprint density at radius 3 is 3.00 bits per heavy atom. The number of halogens is 3. The largest absolute Gasteiger partial charge is 0.364 e. The molecule has 8 heteroatoms. The van der Waals surface area contributed by atoms with Crippen molar-refractivity contribution in [1.82, 2.24) is 15.1 Å². The molecule has 1 aromatic heterocycles. The average Bonchev–Trinajstić information content (AvgIpc) is 2.54. The molecule has 0 saturated carbocycles. The molecule has 0 aromatic carbocycles. The van der Waals surface area contributed by atoms with Crippen molar-refractivity contribution in [1.29, 1.82) is 0 Å². The molecule has 0 aliphatic rings. The fourth-order valence-electron chi connectivity index (χ4n) is 1.01. The van der Waals surface area contributed by atoms with Crippen LogP contribution >= 0.6 is 11.6 Å². The Labute approximate surface area is 95.3 Å². The highest BCUT2D eigenvalue weighted by Crippen LogP contribution is 2.14. The summed E-state index contributed by atoms with van der Waals surface area (Å²) in [6.45, 7) is -0.603. The van der Waals surface area contributed by atoms with Crippen LogP contribution in [-0.2, 0) is 11.3 Å². The number of amides is 1. The van der Waals surface area contributed by atoms with E-state index in [9.17, 15) is 13.6 Å². The van der Waals surface area contributed by atoms with Crippen LogP contribution in [0.2, 0.25) is 5.02 Å². The number of hydrogen-bond acceptors (Lipinski definition) is 3. The Balaban J connectivity index is 2.73. The van der Waals surface area contributed by atoms with Crippen LogP contribution in [0.5, 0.6) is 0 Å². The Morgan fingerprint density at radius 1 is 1.75 bits per heavy atom. The summed E-state index contributed by atoms with van der Waals surface area (Å²) in [5.74, 6) is -0.570. The molecule has 0 aliphatic carbocycles. The molecule has 16 heavy (non-hydrogen) atoms. The minimum absolute atomic E-state index is 0.00311. The van der Waals surface area contributed by atoms with Crippen LogP contribution < -0.4 is 5.32 Å². The number of nitrogens with zero attached hydrogens (tertiary/aromatic N) is 2. The van der Waals surface area contributed by atoms with E-state index in [1.165, 1.54) is 13.3 Å². The molecule has 1 rings (SSSR count). The highest BCUT2D eigenvalue weighted by Gasteiger charge is 2.16.